The van der Waals surface area contributed by atoms with Gasteiger partial charge in [0.25, 0.3) is 0 Å². The molecule has 0 amide bonds. The maximum atomic E-state index is 7.24. The Morgan fingerprint density at radius 2 is 1.32 bits per heavy atom. The van der Waals surface area contributed by atoms with Crippen LogP contribution in [0.3, 0.4) is 0 Å². The number of thioether (sulfide) groups is 1. The Bertz CT molecular complexity index is 2820. The molecule has 50 heavy (non-hydrogen) atoms. The summed E-state index contributed by atoms with van der Waals surface area (Å²) in [5, 5.41) is 4.13. The van der Waals surface area contributed by atoms with Crippen LogP contribution in [0.1, 0.15) is 28.0 Å². The summed E-state index contributed by atoms with van der Waals surface area (Å²) in [6.45, 7) is 0. The van der Waals surface area contributed by atoms with Gasteiger partial charge in [0.15, 0.2) is 11.0 Å². The summed E-state index contributed by atoms with van der Waals surface area (Å²) < 4.78 is 8.81. The quantitative estimate of drug-likeness (QED) is 0.186. The van der Waals surface area contributed by atoms with Gasteiger partial charge in [-0.05, 0) is 39.1 Å². The summed E-state index contributed by atoms with van der Waals surface area (Å²) in [6.07, 6.45) is 0. The molecule has 236 valence electrons. The first-order chi connectivity index (χ1) is 24.7. The van der Waals surface area contributed by atoms with Crippen LogP contribution in [0.25, 0.3) is 72.3 Å². The first-order valence-corrected chi connectivity index (χ1v) is 18.0. The van der Waals surface area contributed by atoms with E-state index < -0.39 is 0 Å². The van der Waals surface area contributed by atoms with Crippen molar-refractivity contribution in [1.29, 1.82) is 0 Å². The molecule has 0 bridgehead atoms. The third-order valence-electron chi connectivity index (χ3n) is 10.3. The number of rotatable bonds is 3. The van der Waals surface area contributed by atoms with E-state index in [1.165, 1.54) is 49.0 Å². The third-order valence-corrected chi connectivity index (χ3v) is 12.0. The first-order valence-electron chi connectivity index (χ1n) is 16.8. The molecule has 11 rings (SSSR count). The fourth-order valence-corrected chi connectivity index (χ4v) is 10.1. The molecule has 2 unspecified atom stereocenters. The molecule has 0 saturated heterocycles. The molecule has 2 atom stereocenters. The highest BCUT2D eigenvalue weighted by Gasteiger charge is 2.45. The van der Waals surface area contributed by atoms with Crippen molar-refractivity contribution in [2.75, 3.05) is 0 Å². The molecule has 4 nitrogen and oxygen atoms in total. The van der Waals surface area contributed by atoms with E-state index in [0.29, 0.717) is 22.2 Å². The van der Waals surface area contributed by atoms with Crippen molar-refractivity contribution >= 4 is 56.3 Å². The average Bonchev–Trinajstić information content (AvgIpc) is 3.85. The minimum absolute atomic E-state index is 0.0968. The van der Waals surface area contributed by atoms with E-state index in [1.807, 2.05) is 48.2 Å². The standard InChI is InChI=1S/C44H26ClN3OS/c45-42-43(46-37-34(26-14-3-1-4-15-26)39(49-44(37)47-42)27-16-5-2-6-17-27)48-33-22-12-11-21-31(33)35-29-19-9-10-20-30(29)36-32-24-23-25-13-7-8-18-28(25)40(32)50-41(36)38(35)48/h1-24,36,41H. The van der Waals surface area contributed by atoms with Crippen molar-refractivity contribution < 1.29 is 4.42 Å². The molecule has 6 aromatic carbocycles. The first kappa shape index (κ1) is 28.2. The van der Waals surface area contributed by atoms with E-state index in [9.17, 15) is 0 Å². The molecule has 9 aromatic rings. The Labute approximate surface area is 297 Å². The summed E-state index contributed by atoms with van der Waals surface area (Å²) in [5.74, 6) is 1.50. The van der Waals surface area contributed by atoms with Gasteiger partial charge in [0.1, 0.15) is 11.3 Å². The molecule has 0 saturated carbocycles. The van der Waals surface area contributed by atoms with Crippen LogP contribution in [-0.2, 0) is 0 Å². The van der Waals surface area contributed by atoms with Gasteiger partial charge in [0.2, 0.25) is 5.71 Å². The lowest BCUT2D eigenvalue weighted by atomic mass is 9.77. The SMILES string of the molecule is Clc1nc2oc(-c3ccccc3)c(-c3ccccc3)c2nc1-n1c2c(c3ccccc31)-c1ccccc1C1c3ccc4ccccc4c3SC21. The van der Waals surface area contributed by atoms with Gasteiger partial charge in [-0.3, -0.25) is 4.57 Å². The molecular weight excluding hydrogens is 654 g/mol. The second-order valence-electron chi connectivity index (χ2n) is 13.0. The Morgan fingerprint density at radius 3 is 2.16 bits per heavy atom. The predicted molar refractivity (Wildman–Crippen MR) is 204 cm³/mol. The number of hydrogen-bond donors (Lipinski definition) is 0. The smallest absolute Gasteiger partial charge is 0.247 e. The molecule has 3 aromatic heterocycles. The van der Waals surface area contributed by atoms with Crippen LogP contribution >= 0.6 is 23.4 Å². The van der Waals surface area contributed by atoms with Gasteiger partial charge >= 0.3 is 0 Å². The van der Waals surface area contributed by atoms with Gasteiger partial charge in [0.05, 0.1) is 16.3 Å². The average molecular weight is 680 g/mol. The lowest BCUT2D eigenvalue weighted by Crippen LogP contribution is -2.16. The van der Waals surface area contributed by atoms with Crippen molar-refractivity contribution in [3.8, 4) is 39.4 Å². The lowest BCUT2D eigenvalue weighted by molar-refractivity contribution is 0.618. The van der Waals surface area contributed by atoms with Crippen molar-refractivity contribution in [3.63, 3.8) is 0 Å². The fourth-order valence-electron chi connectivity index (χ4n) is 8.26. The van der Waals surface area contributed by atoms with Crippen LogP contribution < -0.4 is 0 Å². The molecule has 4 heterocycles. The highest BCUT2D eigenvalue weighted by molar-refractivity contribution is 8.00. The van der Waals surface area contributed by atoms with Gasteiger partial charge in [-0.15, -0.1) is 11.8 Å². The molecule has 1 aliphatic carbocycles. The predicted octanol–water partition coefficient (Wildman–Crippen LogP) is 12.3. The van der Waals surface area contributed by atoms with Crippen molar-refractivity contribution in [2.45, 2.75) is 16.1 Å². The number of nitrogens with zero attached hydrogens (tertiary/aromatic N) is 3. The molecular formula is C44H26ClN3OS. The monoisotopic (exact) mass is 679 g/mol. The minimum atomic E-state index is 0.0968. The molecule has 6 heteroatoms. The zero-order chi connectivity index (χ0) is 32.9. The molecule has 0 fully saturated rings. The lowest BCUT2D eigenvalue weighted by Gasteiger charge is -2.30. The Kier molecular flexibility index (Phi) is 6.04. The maximum absolute atomic E-state index is 7.24. The zero-order valence-corrected chi connectivity index (χ0v) is 28.1. The van der Waals surface area contributed by atoms with Crippen LogP contribution in [0.2, 0.25) is 5.15 Å². The fraction of sp³-hybridized carbons (Fsp3) is 0.0455. The summed E-state index contributed by atoms with van der Waals surface area (Å²) in [6, 6.07) is 51.3. The highest BCUT2D eigenvalue weighted by atomic mass is 35.5. The van der Waals surface area contributed by atoms with Gasteiger partial charge in [-0.1, -0.05) is 151 Å². The summed E-state index contributed by atoms with van der Waals surface area (Å²) in [7, 11) is 0. The van der Waals surface area contributed by atoms with Crippen LogP contribution in [-0.4, -0.2) is 14.5 Å². The minimum Gasteiger partial charge on any atom is -0.436 e. The third kappa shape index (κ3) is 3.90. The Morgan fingerprint density at radius 1 is 0.620 bits per heavy atom. The summed E-state index contributed by atoms with van der Waals surface area (Å²) in [5.41, 5.74) is 11.4. The molecule has 0 spiro atoms. The van der Waals surface area contributed by atoms with E-state index in [-0.39, 0.29) is 11.2 Å². The molecule has 1 aliphatic heterocycles. The van der Waals surface area contributed by atoms with Gasteiger partial charge in [-0.2, -0.15) is 4.98 Å². The van der Waals surface area contributed by atoms with Crippen LogP contribution in [0, 0.1) is 0 Å². The number of para-hydroxylation sites is 1. The number of benzene rings is 6. The van der Waals surface area contributed by atoms with Crippen LogP contribution in [0.15, 0.2) is 155 Å². The number of fused-ring (bicyclic) bond motifs is 13. The van der Waals surface area contributed by atoms with E-state index in [2.05, 4.69) is 114 Å². The number of halogens is 1. The normalized spacial score (nSPS) is 16.0. The topological polar surface area (TPSA) is 43.9 Å². The summed E-state index contributed by atoms with van der Waals surface area (Å²) >= 11 is 9.20. The summed E-state index contributed by atoms with van der Waals surface area (Å²) in [4.78, 5) is 11.7. The number of aromatic nitrogens is 3. The molecule has 0 N–H and O–H groups in total. The Hall–Kier alpha value is -5.62. The highest BCUT2D eigenvalue weighted by Crippen LogP contribution is 2.65. The number of furan rings is 1. The zero-order valence-electron chi connectivity index (χ0n) is 26.5. The molecule has 2 aliphatic rings. The largest absolute Gasteiger partial charge is 0.436 e. The van der Waals surface area contributed by atoms with E-state index in [1.54, 1.807) is 0 Å². The second-order valence-corrected chi connectivity index (χ2v) is 14.5. The van der Waals surface area contributed by atoms with Gasteiger partial charge in [-0.25, -0.2) is 4.98 Å². The van der Waals surface area contributed by atoms with Crippen molar-refractivity contribution in [1.82, 2.24) is 14.5 Å². The van der Waals surface area contributed by atoms with E-state index in [4.69, 9.17) is 26.0 Å². The van der Waals surface area contributed by atoms with E-state index >= 15 is 0 Å². The van der Waals surface area contributed by atoms with Crippen LogP contribution in [0.4, 0.5) is 0 Å². The second kappa shape index (κ2) is 10.7. The van der Waals surface area contributed by atoms with E-state index in [0.717, 1.165) is 28.0 Å². The number of hydrogen-bond acceptors (Lipinski definition) is 4. The Balaban J connectivity index is 1.23. The van der Waals surface area contributed by atoms with Crippen LogP contribution in [0.5, 0.6) is 0 Å². The maximum Gasteiger partial charge on any atom is 0.247 e. The van der Waals surface area contributed by atoms with Gasteiger partial charge < -0.3 is 4.42 Å². The van der Waals surface area contributed by atoms with Gasteiger partial charge in [0, 0.05) is 33.0 Å². The molecule has 0 radical (unpaired) electrons. The van der Waals surface area contributed by atoms with Crippen molar-refractivity contribution in [3.05, 3.63) is 168 Å². The van der Waals surface area contributed by atoms with Crippen molar-refractivity contribution in [2.24, 2.45) is 0 Å².